The van der Waals surface area contributed by atoms with Crippen molar-refractivity contribution in [3.8, 4) is 0 Å². The van der Waals surface area contributed by atoms with Gasteiger partial charge in [-0.25, -0.2) is 9.18 Å². The van der Waals surface area contributed by atoms with Crippen LogP contribution in [0.25, 0.3) is 0 Å². The van der Waals surface area contributed by atoms with Gasteiger partial charge in [0.05, 0.1) is 0 Å². The molecule has 1 aromatic rings. The van der Waals surface area contributed by atoms with Gasteiger partial charge >= 0.3 is 6.03 Å². The van der Waals surface area contributed by atoms with Gasteiger partial charge in [-0.15, -0.1) is 0 Å². The second-order valence-corrected chi connectivity index (χ2v) is 3.73. The first-order valence-electron chi connectivity index (χ1n) is 4.40. The lowest BCUT2D eigenvalue weighted by Crippen LogP contribution is -2.34. The quantitative estimate of drug-likeness (QED) is 0.831. The van der Waals surface area contributed by atoms with Crippen molar-refractivity contribution >= 4 is 17.6 Å². The second-order valence-electron chi connectivity index (χ2n) is 3.29. The van der Waals surface area contributed by atoms with Crippen molar-refractivity contribution in [3.63, 3.8) is 0 Å². The molecule has 1 aromatic carbocycles. The van der Waals surface area contributed by atoms with Crippen LogP contribution in [-0.2, 0) is 6.54 Å². The lowest BCUT2D eigenvalue weighted by molar-refractivity contribution is 0.217. The maximum atomic E-state index is 13.3. The molecule has 0 aliphatic carbocycles. The van der Waals surface area contributed by atoms with Crippen molar-refractivity contribution in [1.29, 1.82) is 0 Å². The molecule has 0 radical (unpaired) electrons. The zero-order valence-electron chi connectivity index (χ0n) is 8.55. The average molecular weight is 231 g/mol. The summed E-state index contributed by atoms with van der Waals surface area (Å²) in [4.78, 5) is 12.5. The SMILES string of the molecule is CN(C)C(=O)NCc1ccc(Cl)cc1F. The number of rotatable bonds is 2. The van der Waals surface area contributed by atoms with Crippen molar-refractivity contribution in [2.24, 2.45) is 0 Å². The third-order valence-corrected chi connectivity index (χ3v) is 2.09. The van der Waals surface area contributed by atoms with Crippen molar-refractivity contribution in [1.82, 2.24) is 10.2 Å². The fraction of sp³-hybridized carbons (Fsp3) is 0.300. The van der Waals surface area contributed by atoms with E-state index in [9.17, 15) is 9.18 Å². The molecule has 0 aliphatic heterocycles. The first-order chi connectivity index (χ1) is 7.00. The number of hydrogen-bond acceptors (Lipinski definition) is 1. The fourth-order valence-electron chi connectivity index (χ4n) is 0.994. The van der Waals surface area contributed by atoms with E-state index in [1.54, 1.807) is 26.2 Å². The predicted molar refractivity (Wildman–Crippen MR) is 57.3 cm³/mol. The molecule has 0 aliphatic rings. The summed E-state index contributed by atoms with van der Waals surface area (Å²) >= 11 is 5.59. The molecule has 3 nitrogen and oxygen atoms in total. The van der Waals surface area contributed by atoms with E-state index < -0.39 is 5.82 Å². The van der Waals surface area contributed by atoms with E-state index in [0.717, 1.165) is 0 Å². The first kappa shape index (κ1) is 11.8. The number of urea groups is 1. The van der Waals surface area contributed by atoms with E-state index >= 15 is 0 Å². The minimum absolute atomic E-state index is 0.153. The van der Waals surface area contributed by atoms with Gasteiger partial charge in [-0.3, -0.25) is 0 Å². The number of carbonyl (C=O) groups is 1. The van der Waals surface area contributed by atoms with Crippen LogP contribution in [0, 0.1) is 5.82 Å². The number of halogens is 2. The molecule has 0 atom stereocenters. The van der Waals surface area contributed by atoms with Gasteiger partial charge in [-0.1, -0.05) is 17.7 Å². The molecule has 0 fully saturated rings. The Morgan fingerprint density at radius 1 is 1.53 bits per heavy atom. The highest BCUT2D eigenvalue weighted by Crippen LogP contribution is 2.14. The highest BCUT2D eigenvalue weighted by Gasteiger charge is 2.06. The lowest BCUT2D eigenvalue weighted by Gasteiger charge is -2.12. The van der Waals surface area contributed by atoms with E-state index in [2.05, 4.69) is 5.32 Å². The summed E-state index contributed by atoms with van der Waals surface area (Å²) in [6, 6.07) is 4.10. The Morgan fingerprint density at radius 3 is 2.73 bits per heavy atom. The Bertz CT molecular complexity index is 368. The van der Waals surface area contributed by atoms with Crippen molar-refractivity contribution in [2.45, 2.75) is 6.54 Å². The third kappa shape index (κ3) is 3.40. The largest absolute Gasteiger partial charge is 0.334 e. The second kappa shape index (κ2) is 4.98. The molecule has 15 heavy (non-hydrogen) atoms. The average Bonchev–Trinajstić information content (AvgIpc) is 2.15. The van der Waals surface area contributed by atoms with Gasteiger partial charge in [0.15, 0.2) is 0 Å². The highest BCUT2D eigenvalue weighted by atomic mass is 35.5. The smallest absolute Gasteiger partial charge is 0.317 e. The molecule has 0 heterocycles. The van der Waals surface area contributed by atoms with Crippen LogP contribution in [0.5, 0.6) is 0 Å². The topological polar surface area (TPSA) is 32.3 Å². The molecule has 0 aromatic heterocycles. The summed E-state index contributed by atoms with van der Waals surface area (Å²) in [5.74, 6) is -0.415. The van der Waals surface area contributed by atoms with Crippen LogP contribution in [0.1, 0.15) is 5.56 Å². The predicted octanol–water partition coefficient (Wildman–Crippen LogP) is 2.25. The summed E-state index contributed by atoms with van der Waals surface area (Å²) in [7, 11) is 3.24. The van der Waals surface area contributed by atoms with E-state index in [-0.39, 0.29) is 12.6 Å². The zero-order valence-corrected chi connectivity index (χ0v) is 9.31. The Labute approximate surface area is 92.8 Å². The van der Waals surface area contributed by atoms with Gasteiger partial charge in [0.1, 0.15) is 5.82 Å². The van der Waals surface area contributed by atoms with E-state index in [0.29, 0.717) is 10.6 Å². The summed E-state index contributed by atoms with van der Waals surface area (Å²) in [6.07, 6.45) is 0. The molecular formula is C10H12ClFN2O. The van der Waals surface area contributed by atoms with Crippen molar-refractivity contribution in [2.75, 3.05) is 14.1 Å². The Balaban J connectivity index is 2.62. The van der Waals surface area contributed by atoms with Crippen LogP contribution < -0.4 is 5.32 Å². The number of benzene rings is 1. The third-order valence-electron chi connectivity index (χ3n) is 1.85. The minimum atomic E-state index is -0.415. The van der Waals surface area contributed by atoms with Gasteiger partial charge in [0.2, 0.25) is 0 Å². The van der Waals surface area contributed by atoms with Crippen molar-refractivity contribution in [3.05, 3.63) is 34.6 Å². The summed E-state index contributed by atoms with van der Waals surface area (Å²) in [5.41, 5.74) is 0.412. The molecule has 5 heteroatoms. The summed E-state index contributed by atoms with van der Waals surface area (Å²) in [5, 5.41) is 2.91. The number of hydrogen-bond donors (Lipinski definition) is 1. The molecule has 0 unspecified atom stereocenters. The van der Waals surface area contributed by atoms with Gasteiger partial charge in [-0.2, -0.15) is 0 Å². The monoisotopic (exact) mass is 230 g/mol. The number of nitrogens with zero attached hydrogens (tertiary/aromatic N) is 1. The molecule has 1 rings (SSSR count). The zero-order chi connectivity index (χ0) is 11.4. The molecular weight excluding hydrogens is 219 g/mol. The maximum Gasteiger partial charge on any atom is 0.317 e. The van der Waals surface area contributed by atoms with Crippen LogP contribution in [0.15, 0.2) is 18.2 Å². The Kier molecular flexibility index (Phi) is 3.91. The Hall–Kier alpha value is -1.29. The maximum absolute atomic E-state index is 13.3. The van der Waals surface area contributed by atoms with Gasteiger partial charge < -0.3 is 10.2 Å². The minimum Gasteiger partial charge on any atom is -0.334 e. The molecule has 0 saturated heterocycles. The van der Waals surface area contributed by atoms with Crippen molar-refractivity contribution < 1.29 is 9.18 Å². The Morgan fingerprint density at radius 2 is 2.20 bits per heavy atom. The van der Waals surface area contributed by atoms with Gasteiger partial charge in [-0.05, 0) is 12.1 Å². The van der Waals surface area contributed by atoms with Gasteiger partial charge in [0.25, 0.3) is 0 Å². The van der Waals surface area contributed by atoms with Crippen LogP contribution in [-0.4, -0.2) is 25.0 Å². The van der Waals surface area contributed by atoms with Crippen LogP contribution >= 0.6 is 11.6 Å². The van der Waals surface area contributed by atoms with Crippen LogP contribution in [0.3, 0.4) is 0 Å². The van der Waals surface area contributed by atoms with Crippen LogP contribution in [0.2, 0.25) is 5.02 Å². The number of amides is 2. The molecule has 1 N–H and O–H groups in total. The van der Waals surface area contributed by atoms with E-state index in [1.165, 1.54) is 11.0 Å². The molecule has 0 saturated carbocycles. The fourth-order valence-corrected chi connectivity index (χ4v) is 1.15. The summed E-state index contributed by atoms with van der Waals surface area (Å²) < 4.78 is 13.3. The highest BCUT2D eigenvalue weighted by molar-refractivity contribution is 6.30. The number of carbonyl (C=O) groups excluding carboxylic acids is 1. The number of nitrogens with one attached hydrogen (secondary N) is 1. The molecule has 2 amide bonds. The molecule has 0 bridgehead atoms. The van der Waals surface area contributed by atoms with Crippen LogP contribution in [0.4, 0.5) is 9.18 Å². The normalized spacial score (nSPS) is 9.87. The van der Waals surface area contributed by atoms with Gasteiger partial charge in [0, 0.05) is 31.2 Å². The van der Waals surface area contributed by atoms with E-state index in [1.807, 2.05) is 0 Å². The first-order valence-corrected chi connectivity index (χ1v) is 4.77. The lowest BCUT2D eigenvalue weighted by atomic mass is 10.2. The molecule has 0 spiro atoms. The summed E-state index contributed by atoms with van der Waals surface area (Å²) in [6.45, 7) is 0.153. The molecule has 82 valence electrons. The van der Waals surface area contributed by atoms with E-state index in [4.69, 9.17) is 11.6 Å². The standard InChI is InChI=1S/C10H12ClFN2O/c1-14(2)10(15)13-6-7-3-4-8(11)5-9(7)12/h3-5H,6H2,1-2H3,(H,13,15).